The lowest BCUT2D eigenvalue weighted by Gasteiger charge is -2.28. The van der Waals surface area contributed by atoms with Crippen molar-refractivity contribution >= 4 is 23.1 Å². The highest BCUT2D eigenvalue weighted by molar-refractivity contribution is 5.62. The van der Waals surface area contributed by atoms with E-state index in [1.807, 2.05) is 0 Å². The van der Waals surface area contributed by atoms with Gasteiger partial charge in [-0.2, -0.15) is 4.98 Å². The van der Waals surface area contributed by atoms with Crippen LogP contribution >= 0.6 is 0 Å². The molecule has 2 aromatic rings. The number of hydrogen-bond donors (Lipinski definition) is 2. The van der Waals surface area contributed by atoms with E-state index in [1.165, 1.54) is 18.5 Å². The Kier molecular flexibility index (Phi) is 4.93. The molecule has 0 radical (unpaired) electrons. The van der Waals surface area contributed by atoms with Crippen LogP contribution in [0.25, 0.3) is 0 Å². The zero-order valence-corrected chi connectivity index (χ0v) is 15.5. The second kappa shape index (κ2) is 7.50. The molecule has 26 heavy (non-hydrogen) atoms. The monoisotopic (exact) mass is 353 g/mol. The van der Waals surface area contributed by atoms with Gasteiger partial charge in [0.05, 0.1) is 18.9 Å². The number of benzene rings is 1. The fraction of sp³-hybridized carbons (Fsp3) is 0.500. The number of morpholine rings is 1. The Morgan fingerprint density at radius 3 is 2.46 bits per heavy atom. The summed E-state index contributed by atoms with van der Waals surface area (Å²) in [5.74, 6) is 2.15. The molecular formula is C20H27N5O. The zero-order chi connectivity index (χ0) is 17.9. The van der Waals surface area contributed by atoms with Gasteiger partial charge in [0, 0.05) is 42.5 Å². The summed E-state index contributed by atoms with van der Waals surface area (Å²) in [5.41, 5.74) is 3.41. The number of nitrogens with zero attached hydrogens (tertiary/aromatic N) is 3. The number of anilines is 4. The highest BCUT2D eigenvalue weighted by Gasteiger charge is 2.26. The van der Waals surface area contributed by atoms with Crippen LogP contribution in [0.2, 0.25) is 0 Å². The highest BCUT2D eigenvalue weighted by atomic mass is 16.5. The minimum absolute atomic E-state index is 0.310. The summed E-state index contributed by atoms with van der Waals surface area (Å²) in [6.07, 6.45) is 2.46. The smallest absolute Gasteiger partial charge is 0.225 e. The first-order valence-electron chi connectivity index (χ1n) is 9.53. The van der Waals surface area contributed by atoms with Crippen LogP contribution in [0.1, 0.15) is 38.3 Å². The molecule has 2 fully saturated rings. The van der Waals surface area contributed by atoms with E-state index in [0.29, 0.717) is 17.9 Å². The summed E-state index contributed by atoms with van der Waals surface area (Å²) in [6, 6.07) is 10.9. The van der Waals surface area contributed by atoms with Crippen LogP contribution in [0.3, 0.4) is 0 Å². The molecule has 0 atom stereocenters. The average Bonchev–Trinajstić information content (AvgIpc) is 3.47. The minimum atomic E-state index is 0.310. The van der Waals surface area contributed by atoms with E-state index in [-0.39, 0.29) is 0 Å². The van der Waals surface area contributed by atoms with Gasteiger partial charge < -0.3 is 20.3 Å². The first-order chi connectivity index (χ1) is 12.7. The zero-order valence-electron chi connectivity index (χ0n) is 15.5. The molecule has 0 bridgehead atoms. The van der Waals surface area contributed by atoms with E-state index in [2.05, 4.69) is 69.7 Å². The number of rotatable bonds is 6. The van der Waals surface area contributed by atoms with Crippen LogP contribution in [0.4, 0.5) is 23.1 Å². The van der Waals surface area contributed by atoms with Gasteiger partial charge in [-0.05, 0) is 51.0 Å². The Hall–Kier alpha value is -2.34. The predicted molar refractivity (Wildman–Crippen MR) is 106 cm³/mol. The highest BCUT2D eigenvalue weighted by Crippen LogP contribution is 2.40. The molecule has 0 spiro atoms. The summed E-state index contributed by atoms with van der Waals surface area (Å²) in [5, 5.41) is 6.76. The lowest BCUT2D eigenvalue weighted by atomic mass is 10.2. The van der Waals surface area contributed by atoms with Gasteiger partial charge in [-0.25, -0.2) is 4.98 Å². The Morgan fingerprint density at radius 2 is 1.81 bits per heavy atom. The fourth-order valence-electron chi connectivity index (χ4n) is 3.17. The van der Waals surface area contributed by atoms with Gasteiger partial charge in [-0.1, -0.05) is 0 Å². The Morgan fingerprint density at radius 1 is 1.08 bits per heavy atom. The van der Waals surface area contributed by atoms with Crippen LogP contribution in [0.5, 0.6) is 0 Å². The molecule has 2 N–H and O–H groups in total. The second-order valence-corrected chi connectivity index (χ2v) is 7.35. The number of ether oxygens (including phenoxy) is 1. The fourth-order valence-corrected chi connectivity index (χ4v) is 3.17. The molecule has 2 aliphatic rings. The molecule has 138 valence electrons. The Labute approximate surface area is 155 Å². The molecule has 6 heteroatoms. The molecule has 2 heterocycles. The van der Waals surface area contributed by atoms with Gasteiger partial charge in [-0.3, -0.25) is 0 Å². The van der Waals surface area contributed by atoms with Crippen molar-refractivity contribution in [2.75, 3.05) is 41.8 Å². The maximum Gasteiger partial charge on any atom is 0.225 e. The van der Waals surface area contributed by atoms with E-state index in [4.69, 9.17) is 4.74 Å². The van der Waals surface area contributed by atoms with Gasteiger partial charge in [0.25, 0.3) is 0 Å². The molecule has 0 amide bonds. The van der Waals surface area contributed by atoms with Gasteiger partial charge in [0.15, 0.2) is 0 Å². The molecular weight excluding hydrogens is 326 g/mol. The van der Waals surface area contributed by atoms with Gasteiger partial charge in [0.2, 0.25) is 5.95 Å². The lowest BCUT2D eigenvalue weighted by Crippen LogP contribution is -2.36. The summed E-state index contributed by atoms with van der Waals surface area (Å²) in [4.78, 5) is 11.7. The van der Waals surface area contributed by atoms with E-state index in [9.17, 15) is 0 Å². The van der Waals surface area contributed by atoms with Crippen molar-refractivity contribution in [3.8, 4) is 0 Å². The van der Waals surface area contributed by atoms with Crippen LogP contribution in [0, 0.1) is 0 Å². The van der Waals surface area contributed by atoms with Crippen molar-refractivity contribution in [3.63, 3.8) is 0 Å². The second-order valence-electron chi connectivity index (χ2n) is 7.35. The molecule has 1 aliphatic carbocycles. The molecule has 0 unspecified atom stereocenters. The van der Waals surface area contributed by atoms with Crippen molar-refractivity contribution in [2.45, 2.75) is 38.6 Å². The minimum Gasteiger partial charge on any atom is -0.378 e. The molecule has 1 aromatic carbocycles. The van der Waals surface area contributed by atoms with Crippen molar-refractivity contribution in [3.05, 3.63) is 36.0 Å². The molecule has 1 aromatic heterocycles. The molecule has 1 saturated carbocycles. The van der Waals surface area contributed by atoms with E-state index >= 15 is 0 Å². The standard InChI is InChI=1S/C20H27N5O/c1-14(2)21-20-23-18(15-3-4-15)13-19(24-20)22-16-5-7-17(8-6-16)25-9-11-26-12-10-25/h5-8,13-15H,3-4,9-12H2,1-2H3,(H2,21,22,23,24). The van der Waals surface area contributed by atoms with Gasteiger partial charge in [-0.15, -0.1) is 0 Å². The average molecular weight is 353 g/mol. The van der Waals surface area contributed by atoms with E-state index in [1.54, 1.807) is 0 Å². The van der Waals surface area contributed by atoms with Crippen LogP contribution in [-0.2, 0) is 4.74 Å². The lowest BCUT2D eigenvalue weighted by molar-refractivity contribution is 0.122. The number of hydrogen-bond acceptors (Lipinski definition) is 6. The quantitative estimate of drug-likeness (QED) is 0.825. The van der Waals surface area contributed by atoms with Crippen LogP contribution in [-0.4, -0.2) is 42.3 Å². The third-order valence-corrected chi connectivity index (χ3v) is 4.68. The predicted octanol–water partition coefficient (Wildman–Crippen LogP) is 3.75. The Bertz CT molecular complexity index is 736. The third kappa shape index (κ3) is 4.25. The summed E-state index contributed by atoms with van der Waals surface area (Å²) in [6.45, 7) is 7.71. The molecule has 1 saturated heterocycles. The SMILES string of the molecule is CC(C)Nc1nc(Nc2ccc(N3CCOCC3)cc2)cc(C2CC2)n1. The van der Waals surface area contributed by atoms with Crippen molar-refractivity contribution in [1.29, 1.82) is 0 Å². The summed E-state index contributed by atoms with van der Waals surface area (Å²) < 4.78 is 5.42. The van der Waals surface area contributed by atoms with Crippen molar-refractivity contribution in [2.24, 2.45) is 0 Å². The largest absolute Gasteiger partial charge is 0.378 e. The normalized spacial score (nSPS) is 17.4. The van der Waals surface area contributed by atoms with E-state index < -0.39 is 0 Å². The topological polar surface area (TPSA) is 62.3 Å². The third-order valence-electron chi connectivity index (χ3n) is 4.68. The first kappa shape index (κ1) is 17.1. The Balaban J connectivity index is 1.49. The van der Waals surface area contributed by atoms with Crippen LogP contribution < -0.4 is 15.5 Å². The molecule has 6 nitrogen and oxygen atoms in total. The van der Waals surface area contributed by atoms with Crippen molar-refractivity contribution < 1.29 is 4.74 Å². The summed E-state index contributed by atoms with van der Waals surface area (Å²) in [7, 11) is 0. The first-order valence-corrected chi connectivity index (χ1v) is 9.53. The number of nitrogens with one attached hydrogen (secondary N) is 2. The molecule has 4 rings (SSSR count). The maximum absolute atomic E-state index is 5.42. The van der Waals surface area contributed by atoms with Gasteiger partial charge in [0.1, 0.15) is 5.82 Å². The van der Waals surface area contributed by atoms with Crippen molar-refractivity contribution in [1.82, 2.24) is 9.97 Å². The molecule has 1 aliphatic heterocycles. The van der Waals surface area contributed by atoms with Crippen LogP contribution in [0.15, 0.2) is 30.3 Å². The summed E-state index contributed by atoms with van der Waals surface area (Å²) >= 11 is 0. The maximum atomic E-state index is 5.42. The van der Waals surface area contributed by atoms with E-state index in [0.717, 1.165) is 43.5 Å². The van der Waals surface area contributed by atoms with Gasteiger partial charge >= 0.3 is 0 Å². The number of aromatic nitrogens is 2.